The Bertz CT molecular complexity index is 253. The van der Waals surface area contributed by atoms with Crippen LogP contribution in [0.15, 0.2) is 0 Å². The maximum Gasteiger partial charge on any atom is 0.0728 e. The summed E-state index contributed by atoms with van der Waals surface area (Å²) in [6.45, 7) is 16.1. The summed E-state index contributed by atoms with van der Waals surface area (Å²) in [7, 11) is 1.82. The van der Waals surface area contributed by atoms with Crippen LogP contribution in [0, 0.1) is 16.2 Å². The highest BCUT2D eigenvalue weighted by molar-refractivity contribution is 5.04. The molecule has 0 spiro atoms. The van der Waals surface area contributed by atoms with Gasteiger partial charge in [0.05, 0.1) is 5.60 Å². The van der Waals surface area contributed by atoms with Crippen LogP contribution in [0.3, 0.4) is 0 Å². The molecule has 0 amide bonds. The highest BCUT2D eigenvalue weighted by Gasteiger charge is 2.52. The Hall–Kier alpha value is -0.0400. The Morgan fingerprint density at radius 3 is 1.17 bits per heavy atom. The average Bonchev–Trinajstić information content (AvgIpc) is 2.95. The summed E-state index contributed by atoms with van der Waals surface area (Å²) in [4.78, 5) is 0. The van der Waals surface area contributed by atoms with Crippen LogP contribution in [0.2, 0.25) is 0 Å². The first-order valence-electron chi connectivity index (χ1n) is 7.03. The quantitative estimate of drug-likeness (QED) is 0.586. The second kappa shape index (κ2) is 5.15. The van der Waals surface area contributed by atoms with Gasteiger partial charge in [0.25, 0.3) is 0 Å². The Kier molecular flexibility index (Phi) is 5.14. The number of rotatable bonds is 1. The first-order valence-corrected chi connectivity index (χ1v) is 7.03. The minimum atomic E-state index is 0. The molecule has 110 valence electrons. The lowest BCUT2D eigenvalue weighted by Gasteiger charge is -2.29. The molecule has 2 fully saturated rings. The summed E-state index contributed by atoms with van der Waals surface area (Å²) in [5.74, 6) is 0. The van der Waals surface area contributed by atoms with Gasteiger partial charge in [0.1, 0.15) is 0 Å². The lowest BCUT2D eigenvalue weighted by atomic mass is 9.79. The summed E-state index contributed by atoms with van der Waals surface area (Å²) >= 11 is 0. The van der Waals surface area contributed by atoms with Crippen LogP contribution in [0.1, 0.15) is 81.6 Å². The predicted molar refractivity (Wildman–Crippen MR) is 82.0 cm³/mol. The largest absolute Gasteiger partial charge is 0.378 e. The molecule has 0 aromatic heterocycles. The van der Waals surface area contributed by atoms with Gasteiger partial charge in [-0.2, -0.15) is 0 Å². The van der Waals surface area contributed by atoms with E-state index in [0.29, 0.717) is 16.2 Å². The second-order valence-corrected chi connectivity index (χ2v) is 8.26. The lowest BCUT2D eigenvalue weighted by molar-refractivity contribution is -0.00737. The third-order valence-corrected chi connectivity index (χ3v) is 5.27. The molecule has 0 heterocycles. The Labute approximate surface area is 116 Å². The SMILES string of the molecule is C.CC(C)(C)C1(C)CC1.COC1(C(C)(C)C)CC1. The highest BCUT2D eigenvalue weighted by Crippen LogP contribution is 2.57. The molecular formula is C17H36O. The fraction of sp³-hybridized carbons (Fsp3) is 1.00. The van der Waals surface area contributed by atoms with Crippen molar-refractivity contribution in [2.75, 3.05) is 7.11 Å². The van der Waals surface area contributed by atoms with Crippen molar-refractivity contribution in [3.05, 3.63) is 0 Å². The van der Waals surface area contributed by atoms with Crippen molar-refractivity contribution >= 4 is 0 Å². The summed E-state index contributed by atoms with van der Waals surface area (Å²) in [6.07, 6.45) is 5.37. The minimum absolute atomic E-state index is 0. The zero-order valence-electron chi connectivity index (χ0n) is 13.2. The van der Waals surface area contributed by atoms with Gasteiger partial charge in [-0.25, -0.2) is 0 Å². The molecule has 0 aromatic rings. The molecule has 0 aromatic carbocycles. The molecule has 0 aliphatic heterocycles. The van der Waals surface area contributed by atoms with E-state index in [0.717, 1.165) is 0 Å². The standard InChI is InChI=1S/C8H16O.C8H16.CH4/c1-7(2,3)8(9-4)5-6-8;1-7(2,3)8(4)5-6-8;/h5-6H2,1-4H3;5-6H2,1-4H3;1H4. The van der Waals surface area contributed by atoms with Gasteiger partial charge < -0.3 is 4.74 Å². The van der Waals surface area contributed by atoms with Gasteiger partial charge in [0.15, 0.2) is 0 Å². The number of methoxy groups -OCH3 is 1. The third-order valence-electron chi connectivity index (χ3n) is 5.27. The number of hydrogen-bond acceptors (Lipinski definition) is 1. The summed E-state index contributed by atoms with van der Waals surface area (Å²) in [6, 6.07) is 0. The normalized spacial score (nSPS) is 23.3. The smallest absolute Gasteiger partial charge is 0.0728 e. The Balaban J connectivity index is 0.000000306. The van der Waals surface area contributed by atoms with Gasteiger partial charge in [-0.15, -0.1) is 0 Å². The number of ether oxygens (including phenoxy) is 1. The van der Waals surface area contributed by atoms with Crippen molar-refractivity contribution in [1.29, 1.82) is 0 Å². The first-order chi connectivity index (χ1) is 7.47. The van der Waals surface area contributed by atoms with E-state index >= 15 is 0 Å². The van der Waals surface area contributed by atoms with E-state index in [1.54, 1.807) is 0 Å². The molecule has 0 atom stereocenters. The van der Waals surface area contributed by atoms with Crippen LogP contribution in [-0.2, 0) is 4.74 Å². The van der Waals surface area contributed by atoms with Crippen molar-refractivity contribution in [3.63, 3.8) is 0 Å². The van der Waals surface area contributed by atoms with Crippen LogP contribution in [0.4, 0.5) is 0 Å². The Morgan fingerprint density at radius 1 is 0.778 bits per heavy atom. The van der Waals surface area contributed by atoms with E-state index in [2.05, 4.69) is 48.5 Å². The van der Waals surface area contributed by atoms with Crippen molar-refractivity contribution in [2.24, 2.45) is 16.2 Å². The molecule has 2 rings (SSSR count). The topological polar surface area (TPSA) is 9.23 Å². The van der Waals surface area contributed by atoms with Crippen LogP contribution < -0.4 is 0 Å². The van der Waals surface area contributed by atoms with Gasteiger partial charge in [0, 0.05) is 7.11 Å². The average molecular weight is 256 g/mol. The third kappa shape index (κ3) is 3.73. The monoisotopic (exact) mass is 256 g/mol. The van der Waals surface area contributed by atoms with Gasteiger partial charge in [-0.1, -0.05) is 55.9 Å². The fourth-order valence-corrected chi connectivity index (χ4v) is 2.31. The van der Waals surface area contributed by atoms with E-state index in [1.165, 1.54) is 25.7 Å². The fourth-order valence-electron chi connectivity index (χ4n) is 2.31. The molecule has 2 aliphatic carbocycles. The maximum absolute atomic E-state index is 5.41. The van der Waals surface area contributed by atoms with Gasteiger partial charge in [-0.05, 0) is 41.9 Å². The van der Waals surface area contributed by atoms with E-state index < -0.39 is 0 Å². The zero-order valence-corrected chi connectivity index (χ0v) is 13.2. The minimum Gasteiger partial charge on any atom is -0.378 e. The molecule has 0 N–H and O–H groups in total. The molecule has 2 aliphatic rings. The molecule has 0 saturated heterocycles. The summed E-state index contributed by atoms with van der Waals surface area (Å²) < 4.78 is 5.41. The number of hydrogen-bond donors (Lipinski definition) is 0. The second-order valence-electron chi connectivity index (χ2n) is 8.26. The van der Waals surface area contributed by atoms with Crippen LogP contribution in [-0.4, -0.2) is 12.7 Å². The maximum atomic E-state index is 5.41. The molecular weight excluding hydrogens is 220 g/mol. The highest BCUT2D eigenvalue weighted by atomic mass is 16.5. The molecule has 1 heteroatoms. The van der Waals surface area contributed by atoms with Gasteiger partial charge in [0.2, 0.25) is 0 Å². The van der Waals surface area contributed by atoms with Crippen LogP contribution in [0.25, 0.3) is 0 Å². The van der Waals surface area contributed by atoms with Crippen molar-refractivity contribution in [1.82, 2.24) is 0 Å². The van der Waals surface area contributed by atoms with E-state index in [9.17, 15) is 0 Å². The summed E-state index contributed by atoms with van der Waals surface area (Å²) in [5, 5.41) is 0. The molecule has 0 bridgehead atoms. The van der Waals surface area contributed by atoms with E-state index in [-0.39, 0.29) is 13.0 Å². The predicted octanol–water partition coefficient (Wildman–Crippen LogP) is 5.68. The van der Waals surface area contributed by atoms with Crippen molar-refractivity contribution < 1.29 is 4.74 Å². The molecule has 2 saturated carbocycles. The van der Waals surface area contributed by atoms with Crippen molar-refractivity contribution in [3.8, 4) is 0 Å². The van der Waals surface area contributed by atoms with Gasteiger partial charge >= 0.3 is 0 Å². The van der Waals surface area contributed by atoms with Crippen LogP contribution >= 0.6 is 0 Å². The summed E-state index contributed by atoms with van der Waals surface area (Å²) in [5.41, 5.74) is 1.80. The van der Waals surface area contributed by atoms with Gasteiger partial charge in [-0.3, -0.25) is 0 Å². The van der Waals surface area contributed by atoms with Crippen LogP contribution in [0.5, 0.6) is 0 Å². The molecule has 0 unspecified atom stereocenters. The molecule has 18 heavy (non-hydrogen) atoms. The lowest BCUT2D eigenvalue weighted by Crippen LogP contribution is -2.29. The zero-order chi connectivity index (χ0) is 13.5. The van der Waals surface area contributed by atoms with E-state index in [4.69, 9.17) is 4.74 Å². The molecule has 0 radical (unpaired) electrons. The van der Waals surface area contributed by atoms with Crippen molar-refractivity contribution in [2.45, 2.75) is 87.2 Å². The molecule has 1 nitrogen and oxygen atoms in total. The van der Waals surface area contributed by atoms with E-state index in [1.807, 2.05) is 7.11 Å². The Morgan fingerprint density at radius 2 is 1.17 bits per heavy atom. The first kappa shape index (κ1) is 18.0.